The van der Waals surface area contributed by atoms with Gasteiger partial charge < -0.3 is 0 Å². The summed E-state index contributed by atoms with van der Waals surface area (Å²) in [7, 11) is -1.41. The van der Waals surface area contributed by atoms with Crippen LogP contribution in [0.1, 0.15) is 58.8 Å². The summed E-state index contributed by atoms with van der Waals surface area (Å²) in [5.74, 6) is 0. The first-order chi connectivity index (χ1) is 8.46. The SMILES string of the molecule is C=C(C)C(C)[Si](C)(C)C1=NCCCCCCCC1. The Morgan fingerprint density at radius 3 is 2.28 bits per heavy atom. The first-order valence-electron chi connectivity index (χ1n) is 7.65. The molecular formula is C16H31NSi. The molecular weight excluding hydrogens is 234 g/mol. The van der Waals surface area contributed by atoms with Crippen LogP contribution in [0.2, 0.25) is 18.6 Å². The summed E-state index contributed by atoms with van der Waals surface area (Å²) in [6, 6.07) is 0. The monoisotopic (exact) mass is 265 g/mol. The molecule has 0 aliphatic carbocycles. The van der Waals surface area contributed by atoms with Crippen molar-refractivity contribution in [2.75, 3.05) is 6.54 Å². The van der Waals surface area contributed by atoms with E-state index in [1.54, 1.807) is 5.33 Å². The Morgan fingerprint density at radius 2 is 1.67 bits per heavy atom. The predicted octanol–water partition coefficient (Wildman–Crippen LogP) is 5.39. The Morgan fingerprint density at radius 1 is 1.11 bits per heavy atom. The van der Waals surface area contributed by atoms with E-state index < -0.39 is 8.07 Å². The van der Waals surface area contributed by atoms with Crippen LogP contribution >= 0.6 is 0 Å². The van der Waals surface area contributed by atoms with Gasteiger partial charge in [-0.3, -0.25) is 4.99 Å². The second kappa shape index (κ2) is 7.27. The molecule has 0 saturated heterocycles. The van der Waals surface area contributed by atoms with Gasteiger partial charge in [0.15, 0.2) is 0 Å². The average molecular weight is 266 g/mol. The van der Waals surface area contributed by atoms with Gasteiger partial charge in [-0.05, 0) is 37.1 Å². The van der Waals surface area contributed by atoms with Crippen molar-refractivity contribution in [1.82, 2.24) is 0 Å². The molecule has 0 spiro atoms. The maximum Gasteiger partial charge on any atom is 0.105 e. The quantitative estimate of drug-likeness (QED) is 0.479. The Labute approximate surface area is 115 Å². The summed E-state index contributed by atoms with van der Waals surface area (Å²) < 4.78 is 0. The minimum Gasteiger partial charge on any atom is -0.299 e. The summed E-state index contributed by atoms with van der Waals surface area (Å²) in [6.45, 7) is 14.7. The molecule has 2 heteroatoms. The molecule has 0 aromatic rings. The van der Waals surface area contributed by atoms with E-state index in [1.807, 2.05) is 0 Å². The standard InChI is InChI=1S/C16H31NSi/c1-14(2)15(3)18(4,5)16-12-10-8-6-7-9-11-13-17-16/h15H,1,6-13H2,2-5H3. The van der Waals surface area contributed by atoms with Crippen LogP contribution in [0.3, 0.4) is 0 Å². The molecule has 0 saturated carbocycles. The molecule has 1 aliphatic rings. The summed E-state index contributed by atoms with van der Waals surface area (Å²) in [6.07, 6.45) is 9.48. The number of aliphatic imine (C=N–C) groups is 1. The van der Waals surface area contributed by atoms with E-state index in [4.69, 9.17) is 4.99 Å². The maximum atomic E-state index is 5.00. The zero-order chi connectivity index (χ0) is 13.6. The number of hydrogen-bond donors (Lipinski definition) is 0. The summed E-state index contributed by atoms with van der Waals surface area (Å²) >= 11 is 0. The van der Waals surface area contributed by atoms with E-state index in [9.17, 15) is 0 Å². The van der Waals surface area contributed by atoms with E-state index in [0.29, 0.717) is 5.54 Å². The van der Waals surface area contributed by atoms with Crippen LogP contribution in [0, 0.1) is 0 Å². The average Bonchev–Trinajstić information content (AvgIpc) is 2.34. The van der Waals surface area contributed by atoms with Gasteiger partial charge in [0.2, 0.25) is 0 Å². The van der Waals surface area contributed by atoms with Crippen molar-refractivity contribution in [3.05, 3.63) is 12.2 Å². The highest BCUT2D eigenvalue weighted by atomic mass is 28.3. The molecule has 1 unspecified atom stereocenters. The van der Waals surface area contributed by atoms with E-state index in [0.717, 1.165) is 6.54 Å². The van der Waals surface area contributed by atoms with Gasteiger partial charge in [-0.1, -0.05) is 51.3 Å². The topological polar surface area (TPSA) is 12.4 Å². The van der Waals surface area contributed by atoms with Crippen LogP contribution < -0.4 is 0 Å². The molecule has 0 aromatic heterocycles. The first kappa shape index (κ1) is 15.7. The van der Waals surface area contributed by atoms with Gasteiger partial charge in [0.05, 0.1) is 0 Å². The number of allylic oxidation sites excluding steroid dienone is 1. The van der Waals surface area contributed by atoms with Crippen LogP contribution in [-0.2, 0) is 0 Å². The van der Waals surface area contributed by atoms with Crippen LogP contribution in [0.15, 0.2) is 17.1 Å². The third-order valence-corrected chi connectivity index (χ3v) is 9.24. The lowest BCUT2D eigenvalue weighted by molar-refractivity contribution is 0.597. The van der Waals surface area contributed by atoms with Crippen molar-refractivity contribution >= 4 is 13.4 Å². The molecule has 104 valence electrons. The van der Waals surface area contributed by atoms with Gasteiger partial charge >= 0.3 is 0 Å². The fraction of sp³-hybridized carbons (Fsp3) is 0.812. The minimum atomic E-state index is -1.41. The van der Waals surface area contributed by atoms with E-state index in [2.05, 4.69) is 33.5 Å². The van der Waals surface area contributed by atoms with Crippen molar-refractivity contribution < 1.29 is 0 Å². The van der Waals surface area contributed by atoms with Crippen molar-refractivity contribution in [3.8, 4) is 0 Å². The number of rotatable bonds is 3. The van der Waals surface area contributed by atoms with Crippen LogP contribution in [0.25, 0.3) is 0 Å². The third-order valence-electron chi connectivity index (χ3n) is 4.69. The molecule has 0 bridgehead atoms. The van der Waals surface area contributed by atoms with Gasteiger partial charge in [0, 0.05) is 6.54 Å². The normalized spacial score (nSPS) is 21.0. The second-order valence-corrected chi connectivity index (χ2v) is 11.4. The Kier molecular flexibility index (Phi) is 6.34. The van der Waals surface area contributed by atoms with Gasteiger partial charge in [-0.15, -0.1) is 6.58 Å². The minimum absolute atomic E-state index is 0.652. The molecule has 1 nitrogen and oxygen atoms in total. The summed E-state index contributed by atoms with van der Waals surface area (Å²) in [5, 5.41) is 1.57. The highest BCUT2D eigenvalue weighted by Gasteiger charge is 2.33. The smallest absolute Gasteiger partial charge is 0.105 e. The first-order valence-corrected chi connectivity index (χ1v) is 10.7. The predicted molar refractivity (Wildman–Crippen MR) is 86.3 cm³/mol. The highest BCUT2D eigenvalue weighted by Crippen LogP contribution is 2.31. The van der Waals surface area contributed by atoms with Gasteiger partial charge in [-0.25, -0.2) is 0 Å². The number of nitrogens with zero attached hydrogens (tertiary/aromatic N) is 1. The molecule has 0 aromatic carbocycles. The van der Waals surface area contributed by atoms with Gasteiger partial charge in [0.1, 0.15) is 8.07 Å². The van der Waals surface area contributed by atoms with Crippen molar-refractivity contribution in [3.63, 3.8) is 0 Å². The van der Waals surface area contributed by atoms with Crippen LogP contribution in [-0.4, -0.2) is 20.0 Å². The molecule has 18 heavy (non-hydrogen) atoms. The van der Waals surface area contributed by atoms with Gasteiger partial charge in [0.25, 0.3) is 0 Å². The third kappa shape index (κ3) is 4.38. The largest absolute Gasteiger partial charge is 0.299 e. The lowest BCUT2D eigenvalue weighted by atomic mass is 10.1. The fourth-order valence-electron chi connectivity index (χ4n) is 2.80. The van der Waals surface area contributed by atoms with E-state index in [-0.39, 0.29) is 0 Å². The molecule has 1 heterocycles. The Bertz CT molecular complexity index is 304. The zero-order valence-corrected chi connectivity index (χ0v) is 13.9. The maximum absolute atomic E-state index is 5.00. The van der Waals surface area contributed by atoms with Crippen LogP contribution in [0.4, 0.5) is 0 Å². The zero-order valence-electron chi connectivity index (χ0n) is 12.9. The molecule has 0 amide bonds. The summed E-state index contributed by atoms with van der Waals surface area (Å²) in [5.41, 5.74) is 1.99. The van der Waals surface area contributed by atoms with Crippen molar-refractivity contribution in [1.29, 1.82) is 0 Å². The molecule has 0 fully saturated rings. The lowest BCUT2D eigenvalue weighted by Gasteiger charge is -2.32. The van der Waals surface area contributed by atoms with Crippen molar-refractivity contribution in [2.45, 2.75) is 77.4 Å². The highest BCUT2D eigenvalue weighted by molar-refractivity contribution is 7.06. The number of hydrogen-bond acceptors (Lipinski definition) is 1. The lowest BCUT2D eigenvalue weighted by Crippen LogP contribution is -2.42. The van der Waals surface area contributed by atoms with Gasteiger partial charge in [-0.2, -0.15) is 0 Å². The Balaban J connectivity index is 2.80. The molecule has 0 radical (unpaired) electrons. The molecule has 1 rings (SSSR count). The molecule has 1 atom stereocenters. The van der Waals surface area contributed by atoms with Crippen LogP contribution in [0.5, 0.6) is 0 Å². The van der Waals surface area contributed by atoms with E-state index >= 15 is 0 Å². The van der Waals surface area contributed by atoms with Crippen molar-refractivity contribution in [2.24, 2.45) is 4.99 Å². The Hall–Kier alpha value is -0.373. The summed E-state index contributed by atoms with van der Waals surface area (Å²) in [4.78, 5) is 5.00. The molecule has 0 N–H and O–H groups in total. The fourth-order valence-corrected chi connectivity index (χ4v) is 5.87. The molecule has 1 aliphatic heterocycles. The second-order valence-electron chi connectivity index (χ2n) is 6.49. The van der Waals surface area contributed by atoms with E-state index in [1.165, 1.54) is 50.5 Å².